The van der Waals surface area contributed by atoms with Crippen molar-refractivity contribution in [3.8, 4) is 0 Å². The summed E-state index contributed by atoms with van der Waals surface area (Å²) >= 11 is 0. The van der Waals surface area contributed by atoms with Gasteiger partial charge in [0.25, 0.3) is 0 Å². The van der Waals surface area contributed by atoms with E-state index in [0.717, 1.165) is 44.9 Å². The molecule has 8 heteroatoms. The highest BCUT2D eigenvalue weighted by molar-refractivity contribution is 5.70. The van der Waals surface area contributed by atoms with Crippen LogP contribution in [0.1, 0.15) is 108 Å². The third-order valence-corrected chi connectivity index (χ3v) is 6.61. The van der Waals surface area contributed by atoms with Gasteiger partial charge in [-0.2, -0.15) is 0 Å². The molecule has 0 saturated carbocycles. The highest BCUT2D eigenvalue weighted by Crippen LogP contribution is 2.37. The maximum atomic E-state index is 12.2. The summed E-state index contributed by atoms with van der Waals surface area (Å²) in [7, 11) is 0. The minimum atomic E-state index is -0.464. The number of likely N-dealkylation sites (tertiary alicyclic amines) is 2. The third kappa shape index (κ3) is 10.7. The van der Waals surface area contributed by atoms with Crippen LogP contribution >= 0.6 is 0 Å². The van der Waals surface area contributed by atoms with Crippen LogP contribution in [0.15, 0.2) is 0 Å². The third-order valence-electron chi connectivity index (χ3n) is 6.61. The Balaban J connectivity index is 0.000000360. The fourth-order valence-corrected chi connectivity index (χ4v) is 5.12. The van der Waals surface area contributed by atoms with Crippen LogP contribution in [0.5, 0.6) is 0 Å². The lowest BCUT2D eigenvalue weighted by Crippen LogP contribution is -2.45. The number of rotatable bonds is 6. The van der Waals surface area contributed by atoms with E-state index in [1.54, 1.807) is 4.90 Å². The first-order valence-corrected chi connectivity index (χ1v) is 13.4. The number of nitrogens with zero attached hydrogens (tertiary/aromatic N) is 2. The average molecular weight is 513 g/mol. The van der Waals surface area contributed by atoms with Crippen molar-refractivity contribution in [2.45, 2.75) is 130 Å². The molecule has 2 saturated heterocycles. The number of ether oxygens (including phenoxy) is 2. The molecule has 0 spiro atoms. The van der Waals surface area contributed by atoms with Crippen molar-refractivity contribution in [2.24, 2.45) is 11.8 Å². The van der Waals surface area contributed by atoms with Crippen molar-refractivity contribution < 1.29 is 29.0 Å². The Morgan fingerprint density at radius 2 is 1.22 bits per heavy atom. The Morgan fingerprint density at radius 3 is 1.56 bits per heavy atom. The van der Waals surface area contributed by atoms with Crippen molar-refractivity contribution in [3.05, 3.63) is 0 Å². The molecule has 0 bridgehead atoms. The van der Waals surface area contributed by atoms with Gasteiger partial charge in [0.15, 0.2) is 0 Å². The first kappa shape index (κ1) is 32.2. The molecular weight excluding hydrogens is 460 g/mol. The van der Waals surface area contributed by atoms with Crippen molar-refractivity contribution >= 4 is 18.5 Å². The summed E-state index contributed by atoms with van der Waals surface area (Å²) in [5, 5.41) is 8.88. The highest BCUT2D eigenvalue weighted by Gasteiger charge is 2.43. The zero-order valence-corrected chi connectivity index (χ0v) is 24.5. The fourth-order valence-electron chi connectivity index (χ4n) is 5.12. The first-order valence-electron chi connectivity index (χ1n) is 13.4. The molecule has 1 N–H and O–H groups in total. The van der Waals surface area contributed by atoms with Gasteiger partial charge in [-0.3, -0.25) is 0 Å². The Kier molecular flexibility index (Phi) is 11.3. The maximum Gasteiger partial charge on any atom is 0.410 e. The Bertz CT molecular complexity index is 735. The summed E-state index contributed by atoms with van der Waals surface area (Å²) < 4.78 is 10.9. The van der Waals surface area contributed by atoms with Crippen LogP contribution in [-0.4, -0.2) is 75.4 Å². The highest BCUT2D eigenvalue weighted by atomic mass is 16.6. The van der Waals surface area contributed by atoms with Crippen LogP contribution in [0.25, 0.3) is 0 Å². The van der Waals surface area contributed by atoms with Gasteiger partial charge in [-0.1, -0.05) is 0 Å². The minimum Gasteiger partial charge on any atom is -0.444 e. The van der Waals surface area contributed by atoms with Crippen LogP contribution in [0.2, 0.25) is 0 Å². The van der Waals surface area contributed by atoms with E-state index in [1.807, 2.05) is 46.4 Å². The van der Waals surface area contributed by atoms with Crippen molar-refractivity contribution in [1.82, 2.24) is 9.80 Å². The lowest BCUT2D eigenvalue weighted by Gasteiger charge is -2.33. The van der Waals surface area contributed by atoms with Gasteiger partial charge < -0.3 is 29.2 Å². The molecule has 2 amide bonds. The minimum absolute atomic E-state index is 0.150. The number of hydrogen-bond acceptors (Lipinski definition) is 6. The molecule has 2 rings (SSSR count). The second kappa shape index (κ2) is 12.6. The summed E-state index contributed by atoms with van der Waals surface area (Å²) in [5.41, 5.74) is -1.25. The lowest BCUT2D eigenvalue weighted by molar-refractivity contribution is -0.108. The van der Waals surface area contributed by atoms with Gasteiger partial charge in [0, 0.05) is 37.2 Å². The quantitative estimate of drug-likeness (QED) is 0.452. The van der Waals surface area contributed by atoms with Crippen molar-refractivity contribution in [2.75, 3.05) is 19.7 Å². The van der Waals surface area contributed by atoms with Crippen molar-refractivity contribution in [3.63, 3.8) is 0 Å². The van der Waals surface area contributed by atoms with Gasteiger partial charge in [0.05, 0.1) is 0 Å². The van der Waals surface area contributed by atoms with Crippen molar-refractivity contribution in [1.29, 1.82) is 0 Å². The Morgan fingerprint density at radius 1 is 0.833 bits per heavy atom. The maximum absolute atomic E-state index is 12.2. The zero-order valence-electron chi connectivity index (χ0n) is 24.5. The van der Waals surface area contributed by atoms with Crippen LogP contribution in [0, 0.1) is 11.8 Å². The Hall–Kier alpha value is -1.83. The molecule has 2 fully saturated rings. The van der Waals surface area contributed by atoms with E-state index < -0.39 is 11.2 Å². The molecule has 0 aromatic rings. The SMILES string of the molecule is CC(C)(C)OC(=O)N1C[C@@H](CCC=O)CC1(C)C.CC(C)(C)OC(=O)N1C[C@@H](CCCO)CC1(C)C. The largest absolute Gasteiger partial charge is 0.444 e. The van der Waals surface area contributed by atoms with Crippen LogP contribution in [0.3, 0.4) is 0 Å². The molecule has 0 unspecified atom stereocenters. The summed E-state index contributed by atoms with van der Waals surface area (Å²) in [4.78, 5) is 38.3. The molecule has 36 heavy (non-hydrogen) atoms. The number of aldehydes is 1. The van der Waals surface area contributed by atoms with E-state index in [2.05, 4.69) is 27.7 Å². The summed E-state index contributed by atoms with van der Waals surface area (Å²) in [6.45, 7) is 21.2. The normalized spacial score (nSPS) is 23.1. The number of carbonyl (C=O) groups excluding carboxylic acids is 3. The molecule has 2 atom stereocenters. The molecule has 8 nitrogen and oxygen atoms in total. The summed E-state index contributed by atoms with van der Waals surface area (Å²) in [5.74, 6) is 0.873. The monoisotopic (exact) mass is 512 g/mol. The molecule has 0 aromatic carbocycles. The Labute approximate surface area is 219 Å². The topological polar surface area (TPSA) is 96.4 Å². The van der Waals surface area contributed by atoms with Gasteiger partial charge >= 0.3 is 12.2 Å². The smallest absolute Gasteiger partial charge is 0.410 e. The van der Waals surface area contributed by atoms with E-state index in [9.17, 15) is 14.4 Å². The molecule has 2 heterocycles. The molecule has 2 aliphatic heterocycles. The van der Waals surface area contributed by atoms with E-state index >= 15 is 0 Å². The summed E-state index contributed by atoms with van der Waals surface area (Å²) in [6.07, 6.45) is 5.59. The second-order valence-electron chi connectivity index (χ2n) is 13.6. The number of hydrogen-bond donors (Lipinski definition) is 1. The predicted molar refractivity (Wildman–Crippen MR) is 142 cm³/mol. The molecule has 0 radical (unpaired) electrons. The second-order valence-corrected chi connectivity index (χ2v) is 13.6. The van der Waals surface area contributed by atoms with Gasteiger partial charge in [-0.25, -0.2) is 9.59 Å². The van der Waals surface area contributed by atoms with Gasteiger partial charge in [-0.15, -0.1) is 0 Å². The molecule has 210 valence electrons. The molecular formula is C28H52N2O6. The standard InChI is InChI=1S/C14H27NO3.C14H25NO3/c2*1-13(2,3)18-12(17)15-10-11(7-6-8-16)9-14(15,4)5/h11,16H,6-10H2,1-5H3;8,11H,6-7,9-10H2,1-5H3/t2*11-/m00/s1. The molecule has 0 aromatic heterocycles. The van der Waals surface area contributed by atoms with E-state index in [1.165, 1.54) is 0 Å². The number of aliphatic hydroxyl groups excluding tert-OH is 1. The fraction of sp³-hybridized carbons (Fsp3) is 0.893. The van der Waals surface area contributed by atoms with Crippen LogP contribution in [0.4, 0.5) is 9.59 Å². The molecule has 2 aliphatic rings. The molecule has 0 aliphatic carbocycles. The summed E-state index contributed by atoms with van der Waals surface area (Å²) in [6, 6.07) is 0. The van der Waals surface area contributed by atoms with Crippen LogP contribution < -0.4 is 0 Å². The van der Waals surface area contributed by atoms with E-state index in [-0.39, 0.29) is 29.9 Å². The van der Waals surface area contributed by atoms with E-state index in [4.69, 9.17) is 14.6 Å². The lowest BCUT2D eigenvalue weighted by atomic mass is 9.93. The first-order chi connectivity index (χ1) is 16.3. The zero-order chi connectivity index (χ0) is 27.9. The van der Waals surface area contributed by atoms with Gasteiger partial charge in [0.1, 0.15) is 17.5 Å². The average Bonchev–Trinajstić information content (AvgIpc) is 3.17. The predicted octanol–water partition coefficient (Wildman–Crippen LogP) is 5.80. The number of carbonyl (C=O) groups is 3. The van der Waals surface area contributed by atoms with E-state index in [0.29, 0.717) is 24.8 Å². The van der Waals surface area contributed by atoms with Crippen LogP contribution in [-0.2, 0) is 14.3 Å². The number of amides is 2. The van der Waals surface area contributed by atoms with Gasteiger partial charge in [0.2, 0.25) is 0 Å². The number of aliphatic hydroxyl groups is 1. The van der Waals surface area contributed by atoms with Gasteiger partial charge in [-0.05, 0) is 113 Å².